The van der Waals surface area contributed by atoms with Gasteiger partial charge < -0.3 is 20.4 Å². The van der Waals surface area contributed by atoms with Crippen molar-refractivity contribution in [3.05, 3.63) is 243 Å². The van der Waals surface area contributed by atoms with E-state index in [0.29, 0.717) is 24.4 Å². The Kier molecular flexibility index (Phi) is 18.7. The van der Waals surface area contributed by atoms with Crippen molar-refractivity contribution in [2.24, 2.45) is 0 Å². The molecule has 380 valence electrons. The highest BCUT2D eigenvalue weighted by atomic mass is 31.1. The molecule has 2 aliphatic rings. The maximum atomic E-state index is 14.6. The minimum Gasteiger partial charge on any atom is -0.338 e. The Labute approximate surface area is 450 Å². The highest BCUT2D eigenvalue weighted by molar-refractivity contribution is 7.74. The summed E-state index contributed by atoms with van der Waals surface area (Å²) in [5.41, 5.74) is 0.649. The summed E-state index contributed by atoms with van der Waals surface area (Å²) in [7, 11) is -2.81. The molecule has 6 nitrogen and oxygen atoms in total. The molecule has 0 aliphatic carbocycles. The summed E-state index contributed by atoms with van der Waals surface area (Å²) >= 11 is 0. The minimum absolute atomic E-state index is 0.0366. The number of amides is 4. The van der Waals surface area contributed by atoms with Gasteiger partial charge in [-0.15, -0.1) is 0 Å². The first kappa shape index (κ1) is 52.5. The second-order valence-corrected chi connectivity index (χ2v) is 29.1. The van der Waals surface area contributed by atoms with Crippen LogP contribution in [0.15, 0.2) is 243 Å². The van der Waals surface area contributed by atoms with Gasteiger partial charge in [-0.1, -0.05) is 243 Å². The number of benzene rings is 8. The molecule has 2 aliphatic heterocycles. The zero-order valence-corrected chi connectivity index (χ0v) is 46.3. The third kappa shape index (κ3) is 13.5. The van der Waals surface area contributed by atoms with Crippen LogP contribution < -0.4 is 53.1 Å². The molecule has 8 aromatic carbocycles. The molecule has 0 bridgehead atoms. The Balaban J connectivity index is 0.804. The largest absolute Gasteiger partial charge is 0.338 e. The van der Waals surface area contributed by atoms with Crippen LogP contribution in [0.4, 0.5) is 9.59 Å². The zero-order valence-electron chi connectivity index (χ0n) is 42.7. The molecule has 10 heteroatoms. The molecule has 2 saturated heterocycles. The molecule has 4 atom stereocenters. The van der Waals surface area contributed by atoms with Gasteiger partial charge in [0.05, 0.1) is 0 Å². The van der Waals surface area contributed by atoms with E-state index in [1.807, 2.05) is 0 Å². The topological polar surface area (TPSA) is 64.7 Å². The normalized spacial score (nSPS) is 17.5. The van der Waals surface area contributed by atoms with E-state index in [9.17, 15) is 9.59 Å². The molecular formula is C65H68N4O2P4. The third-order valence-corrected chi connectivity index (χ3v) is 25.5. The van der Waals surface area contributed by atoms with E-state index >= 15 is 0 Å². The maximum absolute atomic E-state index is 14.6. The van der Waals surface area contributed by atoms with Crippen LogP contribution in [0, 0.1) is 0 Å². The number of nitrogens with zero attached hydrogens (tertiary/aromatic N) is 2. The fourth-order valence-corrected chi connectivity index (χ4v) is 22.0. The van der Waals surface area contributed by atoms with Crippen LogP contribution >= 0.6 is 31.7 Å². The van der Waals surface area contributed by atoms with Gasteiger partial charge in [-0.05, 0) is 119 Å². The van der Waals surface area contributed by atoms with Crippen LogP contribution in [0.2, 0.25) is 0 Å². The number of unbranched alkanes of at least 4 members (excludes halogenated alkanes) is 2. The number of rotatable bonds is 20. The number of urea groups is 2. The summed E-state index contributed by atoms with van der Waals surface area (Å²) in [4.78, 5) is 33.6. The Morgan fingerprint density at radius 3 is 0.840 bits per heavy atom. The van der Waals surface area contributed by atoms with Crippen molar-refractivity contribution in [2.45, 2.75) is 55.5 Å². The van der Waals surface area contributed by atoms with E-state index in [0.717, 1.165) is 57.5 Å². The highest BCUT2D eigenvalue weighted by Crippen LogP contribution is 2.49. The average Bonchev–Trinajstić information content (AvgIpc) is 4.10. The van der Waals surface area contributed by atoms with Gasteiger partial charge in [-0.3, -0.25) is 0 Å². The highest BCUT2D eigenvalue weighted by Gasteiger charge is 2.43. The number of nitrogens with one attached hydrogen (secondary N) is 2. The second kappa shape index (κ2) is 26.7. The molecule has 2 N–H and O–H groups in total. The van der Waals surface area contributed by atoms with Gasteiger partial charge in [-0.25, -0.2) is 9.59 Å². The molecule has 8 aromatic rings. The van der Waals surface area contributed by atoms with Crippen molar-refractivity contribution >= 4 is 86.2 Å². The van der Waals surface area contributed by atoms with Gasteiger partial charge in [0, 0.05) is 49.6 Å². The monoisotopic (exact) mass is 1060 g/mol. The number of hydrogen-bond donors (Lipinski definition) is 2. The first-order valence-electron chi connectivity index (χ1n) is 26.7. The van der Waals surface area contributed by atoms with Crippen LogP contribution in [0.1, 0.15) is 32.1 Å². The summed E-state index contributed by atoms with van der Waals surface area (Å²) in [6, 6.07) is 87.8. The van der Waals surface area contributed by atoms with Crippen molar-refractivity contribution in [1.29, 1.82) is 0 Å². The van der Waals surface area contributed by atoms with E-state index in [-0.39, 0.29) is 24.1 Å². The van der Waals surface area contributed by atoms with E-state index in [4.69, 9.17) is 0 Å². The minimum atomic E-state index is -0.703. The number of carbonyl (C=O) groups excluding carboxylic acids is 2. The Morgan fingerprint density at radius 1 is 0.347 bits per heavy atom. The molecule has 2 heterocycles. The van der Waals surface area contributed by atoms with Crippen molar-refractivity contribution in [1.82, 2.24) is 20.4 Å². The fraction of sp³-hybridized carbons (Fsp3) is 0.231. The first-order chi connectivity index (χ1) is 37.1. The Bertz CT molecular complexity index is 2610. The lowest BCUT2D eigenvalue weighted by atomic mass is 10.2. The van der Waals surface area contributed by atoms with Gasteiger partial charge in [0.15, 0.2) is 0 Å². The Hall–Kier alpha value is -5.98. The van der Waals surface area contributed by atoms with Crippen molar-refractivity contribution in [3.8, 4) is 0 Å². The summed E-state index contributed by atoms with van der Waals surface area (Å²) in [5.74, 6) is 0. The van der Waals surface area contributed by atoms with E-state index in [1.54, 1.807) is 0 Å². The standard InChI is InChI=1S/C65H68N4O2P4/c70-64(68-48-62(74(58-36-18-5-19-37-58)59-38-20-6-21-39-59)46-52(68)50-72(54-28-10-1-11-29-54)55-30-12-2-13-31-55)66-44-26-9-27-45-67-65(71)69-49-63(75(60-40-22-7-23-41-60)61-42-24-8-25-43-61)47-53(69)51-73(56-32-14-3-15-33-56)57-34-16-4-17-35-57/h1-8,10-25,28-43,52-53,62-63H,9,26-27,44-51H2,(H,66,70)(H,67,71)/t52-,53-,62-,63-/m0/s1. The summed E-state index contributed by atoms with van der Waals surface area (Å²) < 4.78 is 0. The number of hydrogen-bond acceptors (Lipinski definition) is 2. The number of likely N-dealkylation sites (tertiary alicyclic amines) is 2. The van der Waals surface area contributed by atoms with E-state index in [1.165, 1.54) is 42.4 Å². The first-order valence-corrected chi connectivity index (χ1v) is 32.6. The second-order valence-electron chi connectivity index (χ2n) is 19.6. The maximum Gasteiger partial charge on any atom is 0.317 e. The zero-order chi connectivity index (χ0) is 51.0. The smallest absolute Gasteiger partial charge is 0.317 e. The lowest BCUT2D eigenvalue weighted by molar-refractivity contribution is 0.196. The van der Waals surface area contributed by atoms with Crippen LogP contribution in [-0.2, 0) is 0 Å². The molecular weight excluding hydrogens is 993 g/mol. The summed E-state index contributed by atoms with van der Waals surface area (Å²) in [5, 5.41) is 17.6. The molecule has 4 amide bonds. The molecule has 0 unspecified atom stereocenters. The fourth-order valence-electron chi connectivity index (χ4n) is 11.1. The van der Waals surface area contributed by atoms with Crippen molar-refractivity contribution in [2.75, 3.05) is 38.5 Å². The van der Waals surface area contributed by atoms with E-state index < -0.39 is 31.7 Å². The average molecular weight is 1060 g/mol. The van der Waals surface area contributed by atoms with Crippen LogP contribution in [0.25, 0.3) is 0 Å². The Morgan fingerprint density at radius 2 is 0.587 bits per heavy atom. The van der Waals surface area contributed by atoms with Crippen molar-refractivity contribution in [3.63, 3.8) is 0 Å². The number of carbonyl (C=O) groups is 2. The molecule has 0 spiro atoms. The van der Waals surface area contributed by atoms with Crippen LogP contribution in [-0.4, -0.2) is 83.8 Å². The summed E-state index contributed by atoms with van der Waals surface area (Å²) in [6.45, 7) is 2.64. The molecule has 75 heavy (non-hydrogen) atoms. The molecule has 0 radical (unpaired) electrons. The molecule has 10 rings (SSSR count). The predicted molar refractivity (Wildman–Crippen MR) is 324 cm³/mol. The third-order valence-electron chi connectivity index (χ3n) is 14.6. The van der Waals surface area contributed by atoms with Gasteiger partial charge in [0.25, 0.3) is 0 Å². The lowest BCUT2D eigenvalue weighted by Crippen LogP contribution is -2.45. The molecule has 0 aromatic heterocycles. The van der Waals surface area contributed by atoms with Crippen LogP contribution in [0.3, 0.4) is 0 Å². The quantitative estimate of drug-likeness (QED) is 0.0590. The van der Waals surface area contributed by atoms with Gasteiger partial charge in [-0.2, -0.15) is 0 Å². The van der Waals surface area contributed by atoms with E-state index in [2.05, 4.69) is 263 Å². The SMILES string of the molecule is O=C(NCCCCCNC(=O)N1C[C@@H](P(c2ccccc2)c2ccccc2)C[C@H]1CP(c1ccccc1)c1ccccc1)N1C[C@@H](P(c2ccccc2)c2ccccc2)C[C@H]1CP(c1ccccc1)c1ccccc1. The summed E-state index contributed by atoms with van der Waals surface area (Å²) in [6.07, 6.45) is 6.34. The lowest BCUT2D eigenvalue weighted by Gasteiger charge is -2.29. The van der Waals surface area contributed by atoms with Gasteiger partial charge in [0.2, 0.25) is 0 Å². The molecule has 0 saturated carbocycles. The van der Waals surface area contributed by atoms with Gasteiger partial charge in [0.1, 0.15) is 0 Å². The van der Waals surface area contributed by atoms with Crippen molar-refractivity contribution < 1.29 is 9.59 Å². The predicted octanol–water partition coefficient (Wildman–Crippen LogP) is 11.0. The van der Waals surface area contributed by atoms with Gasteiger partial charge >= 0.3 is 12.1 Å². The molecule has 2 fully saturated rings. The van der Waals surface area contributed by atoms with Crippen LogP contribution in [0.5, 0.6) is 0 Å².